The summed E-state index contributed by atoms with van der Waals surface area (Å²) in [5.74, 6) is 0.329. The van der Waals surface area contributed by atoms with Crippen molar-refractivity contribution in [2.75, 3.05) is 0 Å². The summed E-state index contributed by atoms with van der Waals surface area (Å²) in [6.45, 7) is 2.06. The van der Waals surface area contributed by atoms with E-state index in [2.05, 4.69) is 13.0 Å². The molecule has 1 aliphatic carbocycles. The molecule has 1 N–H and O–H groups in total. The van der Waals surface area contributed by atoms with E-state index >= 15 is 0 Å². The van der Waals surface area contributed by atoms with E-state index in [1.165, 1.54) is 0 Å². The second-order valence-electron chi connectivity index (χ2n) is 3.99. The molecule has 0 fully saturated rings. The molecule has 0 saturated heterocycles. The number of aliphatic hydroxyl groups is 1. The van der Waals surface area contributed by atoms with E-state index < -0.39 is 0 Å². The molecule has 0 bridgehead atoms. The summed E-state index contributed by atoms with van der Waals surface area (Å²) in [6, 6.07) is 7.68. The number of hydrogen-bond acceptors (Lipinski definition) is 2. The monoisotopic (exact) mass is 187 g/mol. The van der Waals surface area contributed by atoms with E-state index in [1.54, 1.807) is 6.07 Å². The van der Waals surface area contributed by atoms with Crippen molar-refractivity contribution >= 4 is 0 Å². The number of nitrogens with zero attached hydrogens (tertiary/aromatic N) is 1. The number of fused-ring (bicyclic) bond motifs is 1. The lowest BCUT2D eigenvalue weighted by atomic mass is 9.82. The third kappa shape index (κ3) is 1.40. The Morgan fingerprint density at radius 2 is 2.29 bits per heavy atom. The molecule has 0 spiro atoms. The van der Waals surface area contributed by atoms with E-state index in [-0.39, 0.29) is 6.10 Å². The van der Waals surface area contributed by atoms with E-state index in [1.807, 2.05) is 12.1 Å². The van der Waals surface area contributed by atoms with E-state index in [4.69, 9.17) is 5.26 Å². The molecule has 0 amide bonds. The van der Waals surface area contributed by atoms with Crippen molar-refractivity contribution in [2.24, 2.45) is 5.92 Å². The van der Waals surface area contributed by atoms with Crippen LogP contribution in [0.2, 0.25) is 0 Å². The topological polar surface area (TPSA) is 44.0 Å². The van der Waals surface area contributed by atoms with Crippen LogP contribution in [0.3, 0.4) is 0 Å². The standard InChI is InChI=1S/C12H13NO/c1-8-2-4-10-6-9(7-13)3-5-11(10)12(8)14/h3,5-6,8,12,14H,2,4H2,1H3/t8-,12-/m1/s1. The fraction of sp³-hybridized carbons (Fsp3) is 0.417. The van der Waals surface area contributed by atoms with Crippen molar-refractivity contribution in [3.8, 4) is 6.07 Å². The second kappa shape index (κ2) is 3.43. The van der Waals surface area contributed by atoms with Crippen molar-refractivity contribution in [1.29, 1.82) is 5.26 Å². The van der Waals surface area contributed by atoms with Gasteiger partial charge in [0, 0.05) is 0 Å². The zero-order valence-corrected chi connectivity index (χ0v) is 8.20. The molecule has 0 radical (unpaired) electrons. The summed E-state index contributed by atoms with van der Waals surface area (Å²) in [6.07, 6.45) is 1.62. The van der Waals surface area contributed by atoms with Gasteiger partial charge >= 0.3 is 0 Å². The van der Waals surface area contributed by atoms with Crippen molar-refractivity contribution in [3.63, 3.8) is 0 Å². The first kappa shape index (κ1) is 9.23. The van der Waals surface area contributed by atoms with Crippen LogP contribution in [0.4, 0.5) is 0 Å². The largest absolute Gasteiger partial charge is 0.388 e. The minimum atomic E-state index is -0.355. The van der Waals surface area contributed by atoms with Gasteiger partial charge < -0.3 is 5.11 Å². The number of rotatable bonds is 0. The molecule has 2 atom stereocenters. The van der Waals surface area contributed by atoms with Gasteiger partial charge in [-0.2, -0.15) is 5.26 Å². The van der Waals surface area contributed by atoms with Gasteiger partial charge in [0.2, 0.25) is 0 Å². The molecular weight excluding hydrogens is 174 g/mol. The fourth-order valence-corrected chi connectivity index (χ4v) is 2.03. The maximum absolute atomic E-state index is 9.91. The summed E-state index contributed by atoms with van der Waals surface area (Å²) < 4.78 is 0. The highest BCUT2D eigenvalue weighted by molar-refractivity contribution is 5.40. The smallest absolute Gasteiger partial charge is 0.0991 e. The van der Waals surface area contributed by atoms with Crippen LogP contribution in [0.1, 0.15) is 36.1 Å². The minimum Gasteiger partial charge on any atom is -0.388 e. The van der Waals surface area contributed by atoms with Crippen LogP contribution in [0, 0.1) is 17.2 Å². The highest BCUT2D eigenvalue weighted by Crippen LogP contribution is 2.34. The normalized spacial score (nSPS) is 25.2. The van der Waals surface area contributed by atoms with Gasteiger partial charge in [0.25, 0.3) is 0 Å². The first-order chi connectivity index (χ1) is 6.72. The Morgan fingerprint density at radius 3 is 3.00 bits per heavy atom. The molecule has 14 heavy (non-hydrogen) atoms. The molecule has 2 rings (SSSR count). The van der Waals surface area contributed by atoms with Gasteiger partial charge in [0.05, 0.1) is 17.7 Å². The van der Waals surface area contributed by atoms with Gasteiger partial charge in [-0.25, -0.2) is 0 Å². The lowest BCUT2D eigenvalue weighted by Gasteiger charge is -2.27. The molecule has 2 nitrogen and oxygen atoms in total. The Morgan fingerprint density at radius 1 is 1.50 bits per heavy atom. The lowest BCUT2D eigenvalue weighted by molar-refractivity contribution is 0.104. The summed E-state index contributed by atoms with van der Waals surface area (Å²) >= 11 is 0. The Balaban J connectivity index is 2.45. The van der Waals surface area contributed by atoms with Crippen molar-refractivity contribution in [3.05, 3.63) is 34.9 Å². The van der Waals surface area contributed by atoms with E-state index in [0.29, 0.717) is 11.5 Å². The van der Waals surface area contributed by atoms with Gasteiger partial charge in [-0.1, -0.05) is 13.0 Å². The number of aliphatic hydroxyl groups excluding tert-OH is 1. The zero-order chi connectivity index (χ0) is 10.1. The number of aryl methyl sites for hydroxylation is 1. The Hall–Kier alpha value is -1.33. The maximum Gasteiger partial charge on any atom is 0.0991 e. The van der Waals surface area contributed by atoms with Crippen molar-refractivity contribution < 1.29 is 5.11 Å². The first-order valence-corrected chi connectivity index (χ1v) is 4.93. The van der Waals surface area contributed by atoms with E-state index in [0.717, 1.165) is 24.0 Å². The SMILES string of the molecule is C[C@@H]1CCc2cc(C#N)ccc2[C@@H]1O. The quantitative estimate of drug-likeness (QED) is 0.676. The second-order valence-corrected chi connectivity index (χ2v) is 3.99. The van der Waals surface area contributed by atoms with Crippen LogP contribution in [0.5, 0.6) is 0 Å². The van der Waals surface area contributed by atoms with Crippen LogP contribution in [-0.2, 0) is 6.42 Å². The predicted octanol–water partition coefficient (Wildman–Crippen LogP) is 2.17. The Labute approximate surface area is 83.8 Å². The Bertz CT molecular complexity index is 392. The van der Waals surface area contributed by atoms with Crippen LogP contribution in [0.15, 0.2) is 18.2 Å². The molecule has 0 heterocycles. The van der Waals surface area contributed by atoms with Crippen molar-refractivity contribution in [1.82, 2.24) is 0 Å². The number of benzene rings is 1. The van der Waals surface area contributed by atoms with Crippen LogP contribution in [0.25, 0.3) is 0 Å². The fourth-order valence-electron chi connectivity index (χ4n) is 2.03. The molecule has 0 saturated carbocycles. The molecule has 72 valence electrons. The van der Waals surface area contributed by atoms with Gasteiger partial charge in [-0.3, -0.25) is 0 Å². The third-order valence-electron chi connectivity index (χ3n) is 3.00. The Kier molecular flexibility index (Phi) is 2.26. The van der Waals surface area contributed by atoms with Gasteiger partial charge in [0.15, 0.2) is 0 Å². The molecule has 0 aromatic heterocycles. The number of nitriles is 1. The minimum absolute atomic E-state index is 0.329. The molecule has 1 aromatic carbocycles. The first-order valence-electron chi connectivity index (χ1n) is 4.93. The lowest BCUT2D eigenvalue weighted by Crippen LogP contribution is -2.17. The van der Waals surface area contributed by atoms with Crippen LogP contribution in [-0.4, -0.2) is 5.11 Å². The highest BCUT2D eigenvalue weighted by Gasteiger charge is 2.24. The molecule has 1 aromatic rings. The zero-order valence-electron chi connectivity index (χ0n) is 8.20. The summed E-state index contributed by atoms with van der Waals surface area (Å²) in [5.41, 5.74) is 2.82. The average molecular weight is 187 g/mol. The van der Waals surface area contributed by atoms with Gasteiger partial charge in [0.1, 0.15) is 0 Å². The van der Waals surface area contributed by atoms with Gasteiger partial charge in [-0.15, -0.1) is 0 Å². The van der Waals surface area contributed by atoms with Gasteiger partial charge in [-0.05, 0) is 42.0 Å². The summed E-state index contributed by atoms with van der Waals surface area (Å²) in [7, 11) is 0. The predicted molar refractivity (Wildman–Crippen MR) is 53.6 cm³/mol. The maximum atomic E-state index is 9.91. The summed E-state index contributed by atoms with van der Waals surface area (Å²) in [4.78, 5) is 0. The van der Waals surface area contributed by atoms with Crippen molar-refractivity contribution in [2.45, 2.75) is 25.9 Å². The third-order valence-corrected chi connectivity index (χ3v) is 3.00. The molecule has 1 aliphatic rings. The average Bonchev–Trinajstić information content (AvgIpc) is 2.23. The molecular formula is C12H13NO. The number of hydrogen-bond donors (Lipinski definition) is 1. The van der Waals surface area contributed by atoms with Crippen LogP contribution >= 0.6 is 0 Å². The molecule has 2 heteroatoms. The highest BCUT2D eigenvalue weighted by atomic mass is 16.3. The van der Waals surface area contributed by atoms with E-state index in [9.17, 15) is 5.11 Å². The summed E-state index contributed by atoms with van der Waals surface area (Å²) in [5, 5.41) is 18.7. The van der Waals surface area contributed by atoms with Crippen LogP contribution < -0.4 is 0 Å². The molecule has 0 unspecified atom stereocenters. The molecule has 0 aliphatic heterocycles.